The second-order valence-electron chi connectivity index (χ2n) is 3.46. The third-order valence-electron chi connectivity index (χ3n) is 2.42. The molecule has 0 spiro atoms. The number of oxazole rings is 1. The van der Waals surface area contributed by atoms with E-state index in [0.29, 0.717) is 16.8 Å². The van der Waals surface area contributed by atoms with Crippen LogP contribution < -0.4 is 11.2 Å². The zero-order valence-corrected chi connectivity index (χ0v) is 8.58. The second kappa shape index (κ2) is 3.44. The van der Waals surface area contributed by atoms with E-state index in [2.05, 4.69) is 9.97 Å². The number of hydrogen-bond acceptors (Lipinski definition) is 4. The summed E-state index contributed by atoms with van der Waals surface area (Å²) in [5.41, 5.74) is 0.751. The monoisotopic (exact) mass is 229 g/mol. The van der Waals surface area contributed by atoms with E-state index in [-0.39, 0.29) is 0 Å². The number of aromatic nitrogens is 3. The fourth-order valence-corrected chi connectivity index (χ4v) is 1.67. The summed E-state index contributed by atoms with van der Waals surface area (Å²) in [6, 6.07) is 6.53. The second-order valence-corrected chi connectivity index (χ2v) is 3.46. The predicted molar refractivity (Wildman–Crippen MR) is 60.2 cm³/mol. The van der Waals surface area contributed by atoms with E-state index in [0.717, 1.165) is 0 Å². The average Bonchev–Trinajstić information content (AvgIpc) is 2.77. The van der Waals surface area contributed by atoms with Crippen molar-refractivity contribution in [3.63, 3.8) is 0 Å². The van der Waals surface area contributed by atoms with E-state index in [1.54, 1.807) is 18.2 Å². The van der Waals surface area contributed by atoms with Crippen molar-refractivity contribution in [2.24, 2.45) is 0 Å². The van der Waals surface area contributed by atoms with Crippen LogP contribution in [-0.4, -0.2) is 14.5 Å². The first-order valence-electron chi connectivity index (χ1n) is 4.90. The molecule has 6 heteroatoms. The minimum atomic E-state index is -0.513. The lowest BCUT2D eigenvalue weighted by molar-refractivity contribution is 0.599. The van der Waals surface area contributed by atoms with Crippen LogP contribution in [0.3, 0.4) is 0 Å². The Balaban J connectivity index is 2.38. The lowest BCUT2D eigenvalue weighted by Gasteiger charge is -2.03. The molecule has 3 rings (SSSR count). The molecule has 0 aliphatic carbocycles. The quantitative estimate of drug-likeness (QED) is 0.664. The third kappa shape index (κ3) is 1.46. The summed E-state index contributed by atoms with van der Waals surface area (Å²) in [7, 11) is 0. The minimum absolute atomic E-state index is 0.434. The first kappa shape index (κ1) is 9.59. The number of nitrogens with one attached hydrogen (secondary N) is 1. The van der Waals surface area contributed by atoms with Gasteiger partial charge in [0.15, 0.2) is 12.0 Å². The molecule has 1 aromatic carbocycles. The van der Waals surface area contributed by atoms with Crippen LogP contribution in [0.2, 0.25) is 0 Å². The molecule has 0 aliphatic heterocycles. The number of hydrogen-bond donors (Lipinski definition) is 1. The van der Waals surface area contributed by atoms with Crippen LogP contribution in [0.25, 0.3) is 16.8 Å². The number of rotatable bonds is 1. The third-order valence-corrected chi connectivity index (χ3v) is 2.42. The van der Waals surface area contributed by atoms with Crippen molar-refractivity contribution in [1.82, 2.24) is 14.5 Å². The molecule has 0 aliphatic rings. The van der Waals surface area contributed by atoms with Crippen LogP contribution >= 0.6 is 0 Å². The fraction of sp³-hybridized carbons (Fsp3) is 0. The summed E-state index contributed by atoms with van der Waals surface area (Å²) in [5, 5.41) is 0. The van der Waals surface area contributed by atoms with Crippen LogP contribution in [0.1, 0.15) is 0 Å². The Labute approximate surface area is 94.2 Å². The van der Waals surface area contributed by atoms with Gasteiger partial charge in [-0.3, -0.25) is 14.3 Å². The molecular formula is C11H7N3O3. The molecule has 3 aromatic rings. The Morgan fingerprint density at radius 3 is 2.94 bits per heavy atom. The largest absolute Gasteiger partial charge is 0.441 e. The lowest BCUT2D eigenvalue weighted by atomic mass is 10.3. The number of aromatic amines is 1. The molecule has 2 heterocycles. The van der Waals surface area contributed by atoms with E-state index in [1.807, 2.05) is 0 Å². The van der Waals surface area contributed by atoms with Crippen LogP contribution in [-0.2, 0) is 0 Å². The van der Waals surface area contributed by atoms with Gasteiger partial charge in [0, 0.05) is 12.3 Å². The number of para-hydroxylation sites is 1. The minimum Gasteiger partial charge on any atom is -0.441 e. The maximum atomic E-state index is 11.7. The van der Waals surface area contributed by atoms with Crippen LogP contribution in [0.5, 0.6) is 0 Å². The molecule has 0 unspecified atom stereocenters. The average molecular weight is 229 g/mol. The van der Waals surface area contributed by atoms with E-state index in [1.165, 1.54) is 23.2 Å². The molecule has 0 radical (unpaired) electrons. The highest BCUT2D eigenvalue weighted by Crippen LogP contribution is 2.19. The summed E-state index contributed by atoms with van der Waals surface area (Å²) < 4.78 is 6.53. The summed E-state index contributed by atoms with van der Waals surface area (Å²) in [5.74, 6) is 0. The van der Waals surface area contributed by atoms with E-state index in [9.17, 15) is 9.59 Å². The number of nitrogens with zero attached hydrogens (tertiary/aromatic N) is 2. The Bertz CT molecular complexity index is 797. The molecule has 0 bridgehead atoms. The standard InChI is InChI=1S/C11H7N3O3/c15-9-4-5-14(11(16)13-9)8-3-1-2-7-10(8)17-6-12-7/h1-6H,(H,13,15,16). The van der Waals surface area contributed by atoms with Crippen molar-refractivity contribution in [2.75, 3.05) is 0 Å². The van der Waals surface area contributed by atoms with Crippen molar-refractivity contribution in [3.05, 3.63) is 57.7 Å². The van der Waals surface area contributed by atoms with E-state index < -0.39 is 11.2 Å². The van der Waals surface area contributed by atoms with Crippen molar-refractivity contribution < 1.29 is 4.42 Å². The molecule has 0 atom stereocenters. The number of fused-ring (bicyclic) bond motifs is 1. The summed E-state index contributed by atoms with van der Waals surface area (Å²) in [4.78, 5) is 28.8. The zero-order valence-electron chi connectivity index (χ0n) is 8.58. The topological polar surface area (TPSA) is 80.9 Å². The zero-order chi connectivity index (χ0) is 11.8. The molecule has 84 valence electrons. The predicted octanol–water partition coefficient (Wildman–Crippen LogP) is 0.667. The highest BCUT2D eigenvalue weighted by Gasteiger charge is 2.08. The fourth-order valence-electron chi connectivity index (χ4n) is 1.67. The van der Waals surface area contributed by atoms with Gasteiger partial charge >= 0.3 is 5.69 Å². The van der Waals surface area contributed by atoms with Gasteiger partial charge in [0.1, 0.15) is 5.52 Å². The van der Waals surface area contributed by atoms with Gasteiger partial charge in [-0.15, -0.1) is 0 Å². The van der Waals surface area contributed by atoms with Crippen LogP contribution in [0.4, 0.5) is 0 Å². The van der Waals surface area contributed by atoms with Gasteiger partial charge in [-0.2, -0.15) is 0 Å². The van der Waals surface area contributed by atoms with Crippen molar-refractivity contribution in [1.29, 1.82) is 0 Å². The van der Waals surface area contributed by atoms with Crippen molar-refractivity contribution in [2.45, 2.75) is 0 Å². The Kier molecular flexibility index (Phi) is 1.94. The smallest absolute Gasteiger partial charge is 0.333 e. The molecule has 1 N–H and O–H groups in total. The Morgan fingerprint density at radius 2 is 2.12 bits per heavy atom. The van der Waals surface area contributed by atoms with Gasteiger partial charge in [-0.05, 0) is 12.1 Å². The van der Waals surface area contributed by atoms with Gasteiger partial charge in [-0.25, -0.2) is 9.78 Å². The maximum Gasteiger partial charge on any atom is 0.333 e. The molecule has 0 saturated carbocycles. The molecule has 0 fully saturated rings. The Morgan fingerprint density at radius 1 is 1.24 bits per heavy atom. The maximum absolute atomic E-state index is 11.7. The SMILES string of the molecule is O=c1ccn(-c2cccc3ncoc23)c(=O)[nH]1. The molecular weight excluding hydrogens is 222 g/mol. The van der Waals surface area contributed by atoms with E-state index in [4.69, 9.17) is 4.42 Å². The van der Waals surface area contributed by atoms with E-state index >= 15 is 0 Å². The molecule has 17 heavy (non-hydrogen) atoms. The Hall–Kier alpha value is -2.63. The van der Waals surface area contributed by atoms with Gasteiger partial charge < -0.3 is 4.42 Å². The highest BCUT2D eigenvalue weighted by molar-refractivity contribution is 5.81. The number of benzene rings is 1. The van der Waals surface area contributed by atoms with Crippen molar-refractivity contribution in [3.8, 4) is 5.69 Å². The van der Waals surface area contributed by atoms with Crippen LogP contribution in [0, 0.1) is 0 Å². The van der Waals surface area contributed by atoms with Crippen LogP contribution in [0.15, 0.2) is 50.9 Å². The van der Waals surface area contributed by atoms with Gasteiger partial charge in [0.05, 0.1) is 5.69 Å². The molecule has 6 nitrogen and oxygen atoms in total. The van der Waals surface area contributed by atoms with Gasteiger partial charge in [0.2, 0.25) is 0 Å². The summed E-state index contributed by atoms with van der Waals surface area (Å²) in [6.07, 6.45) is 2.71. The first-order chi connectivity index (χ1) is 8.25. The molecule has 0 saturated heterocycles. The summed E-state index contributed by atoms with van der Waals surface area (Å²) >= 11 is 0. The lowest BCUT2D eigenvalue weighted by Crippen LogP contribution is -2.27. The normalized spacial score (nSPS) is 10.8. The number of H-pyrrole nitrogens is 1. The first-order valence-corrected chi connectivity index (χ1v) is 4.90. The van der Waals surface area contributed by atoms with Gasteiger partial charge in [-0.1, -0.05) is 6.07 Å². The van der Waals surface area contributed by atoms with Crippen molar-refractivity contribution >= 4 is 11.1 Å². The highest BCUT2D eigenvalue weighted by atomic mass is 16.3. The molecule has 0 amide bonds. The van der Waals surface area contributed by atoms with Gasteiger partial charge in [0.25, 0.3) is 5.56 Å². The molecule has 2 aromatic heterocycles. The summed E-state index contributed by atoms with van der Waals surface area (Å²) in [6.45, 7) is 0.